The first-order valence-electron chi connectivity index (χ1n) is 11.8. The topological polar surface area (TPSA) is 105 Å². The maximum atomic E-state index is 13.3. The molecule has 37 heavy (non-hydrogen) atoms. The number of nitrogens with one attached hydrogen (secondary N) is 3. The highest BCUT2D eigenvalue weighted by Gasteiger charge is 2.25. The quantitative estimate of drug-likeness (QED) is 0.304. The summed E-state index contributed by atoms with van der Waals surface area (Å²) in [4.78, 5) is 33.8. The van der Waals surface area contributed by atoms with Gasteiger partial charge in [0.05, 0.1) is 5.69 Å². The van der Waals surface area contributed by atoms with E-state index in [0.717, 1.165) is 27.6 Å². The standard InChI is InChI=1S/C28H25FN6O2/c1-35-26(19-8-10-21(29)11-9-19)14-25(34-35)28(37)33-24(27(36)32-16-18-5-4-12-30-15-18)13-20-17-31-23-7-3-2-6-22(20)23/h2-12,14-15,17,24,31H,13,16H2,1H3,(H,32,36)(H,33,37). The maximum absolute atomic E-state index is 13.3. The number of aromatic amines is 1. The van der Waals surface area contributed by atoms with E-state index in [1.54, 1.807) is 48.4 Å². The molecule has 3 N–H and O–H groups in total. The first kappa shape index (κ1) is 23.9. The summed E-state index contributed by atoms with van der Waals surface area (Å²) in [6.07, 6.45) is 5.48. The Balaban J connectivity index is 1.37. The fourth-order valence-corrected chi connectivity index (χ4v) is 4.25. The number of amides is 2. The van der Waals surface area contributed by atoms with Crippen LogP contribution in [0.15, 0.2) is 85.3 Å². The first-order chi connectivity index (χ1) is 18.0. The number of para-hydroxylation sites is 1. The van der Waals surface area contributed by atoms with Gasteiger partial charge >= 0.3 is 0 Å². The Bertz CT molecular complexity index is 1540. The van der Waals surface area contributed by atoms with Gasteiger partial charge in [-0.1, -0.05) is 24.3 Å². The van der Waals surface area contributed by atoms with Crippen molar-refractivity contribution in [1.82, 2.24) is 30.4 Å². The van der Waals surface area contributed by atoms with Crippen molar-refractivity contribution in [2.45, 2.75) is 19.0 Å². The Labute approximate surface area is 212 Å². The molecule has 5 aromatic rings. The minimum Gasteiger partial charge on any atom is -0.361 e. The number of H-pyrrole nitrogens is 1. The fourth-order valence-electron chi connectivity index (χ4n) is 4.25. The fraction of sp³-hybridized carbons (Fsp3) is 0.143. The van der Waals surface area contributed by atoms with Crippen LogP contribution in [-0.4, -0.2) is 37.6 Å². The Morgan fingerprint density at radius 2 is 1.89 bits per heavy atom. The highest BCUT2D eigenvalue weighted by molar-refractivity contribution is 5.97. The minimum atomic E-state index is -0.848. The molecular weight excluding hydrogens is 471 g/mol. The van der Waals surface area contributed by atoms with Crippen LogP contribution in [0.3, 0.4) is 0 Å². The number of nitrogens with zero attached hydrogens (tertiary/aromatic N) is 3. The number of carbonyl (C=O) groups is 2. The molecule has 0 aliphatic heterocycles. The van der Waals surface area contributed by atoms with Gasteiger partial charge < -0.3 is 15.6 Å². The molecule has 2 amide bonds. The molecule has 0 radical (unpaired) electrons. The van der Waals surface area contributed by atoms with Crippen LogP contribution in [0.5, 0.6) is 0 Å². The molecule has 0 saturated heterocycles. The van der Waals surface area contributed by atoms with Gasteiger partial charge in [-0.15, -0.1) is 0 Å². The molecule has 9 heteroatoms. The summed E-state index contributed by atoms with van der Waals surface area (Å²) in [6, 6.07) is 18.2. The Kier molecular flexibility index (Phi) is 6.76. The lowest BCUT2D eigenvalue weighted by Crippen LogP contribution is -2.48. The molecule has 1 atom stereocenters. The summed E-state index contributed by atoms with van der Waals surface area (Å²) in [7, 11) is 1.71. The third-order valence-corrected chi connectivity index (χ3v) is 6.16. The van der Waals surface area contributed by atoms with Crippen LogP contribution in [0.1, 0.15) is 21.6 Å². The highest BCUT2D eigenvalue weighted by atomic mass is 19.1. The van der Waals surface area contributed by atoms with Crippen molar-refractivity contribution >= 4 is 22.7 Å². The van der Waals surface area contributed by atoms with Crippen molar-refractivity contribution in [2.24, 2.45) is 7.05 Å². The van der Waals surface area contributed by atoms with E-state index in [9.17, 15) is 14.0 Å². The smallest absolute Gasteiger partial charge is 0.272 e. The van der Waals surface area contributed by atoms with Gasteiger partial charge in [0, 0.05) is 49.5 Å². The normalized spacial score (nSPS) is 11.8. The summed E-state index contributed by atoms with van der Waals surface area (Å²) in [5.74, 6) is -1.15. The molecular formula is C28H25FN6O2. The van der Waals surface area contributed by atoms with Gasteiger partial charge in [0.25, 0.3) is 5.91 Å². The summed E-state index contributed by atoms with van der Waals surface area (Å²) >= 11 is 0. The van der Waals surface area contributed by atoms with Crippen LogP contribution in [0.25, 0.3) is 22.2 Å². The SMILES string of the molecule is Cn1nc(C(=O)NC(Cc2c[nH]c3ccccc23)C(=O)NCc2cccnc2)cc1-c1ccc(F)cc1. The molecule has 3 aromatic heterocycles. The van der Waals surface area contributed by atoms with Crippen LogP contribution in [-0.2, 0) is 24.8 Å². The number of benzene rings is 2. The summed E-state index contributed by atoms with van der Waals surface area (Å²) in [5.41, 5.74) is 4.24. The molecule has 186 valence electrons. The number of halogens is 1. The number of rotatable bonds is 8. The van der Waals surface area contributed by atoms with E-state index in [-0.39, 0.29) is 30.4 Å². The van der Waals surface area contributed by atoms with E-state index < -0.39 is 11.9 Å². The minimum absolute atomic E-state index is 0.158. The molecule has 0 fully saturated rings. The largest absolute Gasteiger partial charge is 0.361 e. The van der Waals surface area contributed by atoms with Gasteiger partial charge in [-0.25, -0.2) is 4.39 Å². The molecule has 8 nitrogen and oxygen atoms in total. The number of aryl methyl sites for hydroxylation is 1. The number of fused-ring (bicyclic) bond motifs is 1. The van der Waals surface area contributed by atoms with Crippen molar-refractivity contribution in [3.05, 3.63) is 108 Å². The lowest BCUT2D eigenvalue weighted by atomic mass is 10.0. The molecule has 1 unspecified atom stereocenters. The van der Waals surface area contributed by atoms with Crippen LogP contribution in [0.2, 0.25) is 0 Å². The first-order valence-corrected chi connectivity index (χ1v) is 11.8. The molecule has 0 saturated carbocycles. The van der Waals surface area contributed by atoms with E-state index in [1.807, 2.05) is 36.5 Å². The van der Waals surface area contributed by atoms with Gasteiger partial charge in [-0.3, -0.25) is 19.3 Å². The zero-order valence-electron chi connectivity index (χ0n) is 20.1. The number of carbonyl (C=O) groups excluding carboxylic acids is 2. The van der Waals surface area contributed by atoms with Gasteiger partial charge in [0.2, 0.25) is 5.91 Å². The number of pyridine rings is 1. The Morgan fingerprint density at radius 1 is 1.08 bits per heavy atom. The molecule has 0 spiro atoms. The average molecular weight is 497 g/mol. The third kappa shape index (κ3) is 5.40. The zero-order chi connectivity index (χ0) is 25.8. The average Bonchev–Trinajstić information content (AvgIpc) is 3.51. The predicted molar refractivity (Wildman–Crippen MR) is 138 cm³/mol. The van der Waals surface area contributed by atoms with Crippen LogP contribution in [0, 0.1) is 5.82 Å². The molecule has 3 heterocycles. The molecule has 0 aliphatic carbocycles. The lowest BCUT2D eigenvalue weighted by molar-refractivity contribution is -0.123. The molecule has 0 aliphatic rings. The van der Waals surface area contributed by atoms with Crippen LogP contribution < -0.4 is 10.6 Å². The van der Waals surface area contributed by atoms with Gasteiger partial charge in [0.15, 0.2) is 5.69 Å². The van der Waals surface area contributed by atoms with E-state index in [1.165, 1.54) is 12.1 Å². The lowest BCUT2D eigenvalue weighted by Gasteiger charge is -2.18. The van der Waals surface area contributed by atoms with Crippen molar-refractivity contribution in [3.8, 4) is 11.3 Å². The number of hydrogen-bond donors (Lipinski definition) is 3. The predicted octanol–water partition coefficient (Wildman–Crippen LogP) is 3.76. The summed E-state index contributed by atoms with van der Waals surface area (Å²) < 4.78 is 14.9. The van der Waals surface area contributed by atoms with Crippen molar-refractivity contribution in [2.75, 3.05) is 0 Å². The summed E-state index contributed by atoms with van der Waals surface area (Å²) in [6.45, 7) is 0.283. The monoisotopic (exact) mass is 496 g/mol. The van der Waals surface area contributed by atoms with Crippen molar-refractivity contribution in [1.29, 1.82) is 0 Å². The van der Waals surface area contributed by atoms with Gasteiger partial charge in [-0.05, 0) is 59.2 Å². The van der Waals surface area contributed by atoms with E-state index in [4.69, 9.17) is 0 Å². The maximum Gasteiger partial charge on any atom is 0.272 e. The molecule has 0 bridgehead atoms. The van der Waals surface area contributed by atoms with Gasteiger partial charge in [0.1, 0.15) is 11.9 Å². The van der Waals surface area contributed by atoms with E-state index in [2.05, 4.69) is 25.7 Å². The third-order valence-electron chi connectivity index (χ3n) is 6.16. The zero-order valence-corrected chi connectivity index (χ0v) is 20.1. The molecule has 2 aromatic carbocycles. The van der Waals surface area contributed by atoms with Crippen LogP contribution in [0.4, 0.5) is 4.39 Å². The second kappa shape index (κ2) is 10.4. The second-order valence-corrected chi connectivity index (χ2v) is 8.71. The Morgan fingerprint density at radius 3 is 2.68 bits per heavy atom. The molecule has 5 rings (SSSR count). The number of aromatic nitrogens is 4. The highest BCUT2D eigenvalue weighted by Crippen LogP contribution is 2.21. The second-order valence-electron chi connectivity index (χ2n) is 8.71. The Hall–Kier alpha value is -4.79. The van der Waals surface area contributed by atoms with Crippen molar-refractivity contribution in [3.63, 3.8) is 0 Å². The van der Waals surface area contributed by atoms with Gasteiger partial charge in [-0.2, -0.15) is 5.10 Å². The van der Waals surface area contributed by atoms with Crippen LogP contribution >= 0.6 is 0 Å². The summed E-state index contributed by atoms with van der Waals surface area (Å²) in [5, 5.41) is 11.1. The van der Waals surface area contributed by atoms with E-state index in [0.29, 0.717) is 5.69 Å². The van der Waals surface area contributed by atoms with Crippen molar-refractivity contribution < 1.29 is 14.0 Å². The van der Waals surface area contributed by atoms with E-state index >= 15 is 0 Å². The number of hydrogen-bond acceptors (Lipinski definition) is 4.